The second-order valence-electron chi connectivity index (χ2n) is 7.89. The van der Waals surface area contributed by atoms with Crippen molar-refractivity contribution >= 4 is 15.8 Å². The summed E-state index contributed by atoms with van der Waals surface area (Å²) in [5.74, 6) is 0.751. The zero-order chi connectivity index (χ0) is 24.8. The molecule has 0 bridgehead atoms. The first-order chi connectivity index (χ1) is 16.9. The van der Waals surface area contributed by atoms with Gasteiger partial charge in [0, 0.05) is 0 Å². The van der Waals surface area contributed by atoms with Crippen molar-refractivity contribution in [2.24, 2.45) is 5.16 Å². The minimum absolute atomic E-state index is 0.00456. The number of hydrogen-bond donors (Lipinski definition) is 1. The Balaban J connectivity index is 1.45. The van der Waals surface area contributed by atoms with E-state index in [2.05, 4.69) is 5.16 Å². The van der Waals surface area contributed by atoms with Gasteiger partial charge in [-0.15, -0.1) is 0 Å². The molecule has 0 aromatic heterocycles. The zero-order valence-electron chi connectivity index (χ0n) is 19.4. The normalized spacial score (nSPS) is 11.8. The van der Waals surface area contributed by atoms with Gasteiger partial charge in [-0.25, -0.2) is 0 Å². The maximum absolute atomic E-state index is 12.6. The average molecular weight is 488 g/mol. The van der Waals surface area contributed by atoms with Crippen molar-refractivity contribution in [3.63, 3.8) is 0 Å². The third-order valence-corrected chi connectivity index (χ3v) is 6.73. The van der Waals surface area contributed by atoms with Crippen LogP contribution in [0.1, 0.15) is 18.1 Å². The van der Waals surface area contributed by atoms with E-state index in [0.717, 1.165) is 39.1 Å². The van der Waals surface area contributed by atoms with Gasteiger partial charge >= 0.3 is 10.1 Å². The summed E-state index contributed by atoms with van der Waals surface area (Å²) in [4.78, 5) is 0.0213. The first kappa shape index (κ1) is 24.2. The Morgan fingerprint density at radius 1 is 0.743 bits per heavy atom. The van der Waals surface area contributed by atoms with Crippen LogP contribution in [0.25, 0.3) is 22.3 Å². The molecule has 6 nitrogen and oxygen atoms in total. The lowest BCUT2D eigenvalue weighted by Crippen LogP contribution is -2.05. The van der Waals surface area contributed by atoms with Gasteiger partial charge in [0.2, 0.25) is 0 Å². The van der Waals surface area contributed by atoms with Crippen LogP contribution in [0.5, 0.6) is 5.75 Å². The number of rotatable bonds is 8. The van der Waals surface area contributed by atoms with E-state index in [9.17, 15) is 13.5 Å². The Morgan fingerprint density at radius 3 is 1.69 bits per heavy atom. The third kappa shape index (κ3) is 5.77. The molecule has 4 aromatic carbocycles. The van der Waals surface area contributed by atoms with Gasteiger partial charge in [0.05, 0.1) is 19.4 Å². The average Bonchev–Trinajstić information content (AvgIpc) is 2.92. The van der Waals surface area contributed by atoms with E-state index in [1.807, 2.05) is 72.8 Å². The molecule has 178 valence electrons. The number of aliphatic hydroxyl groups excluding tert-OH is 1. The molecular weight excluding hydrogens is 462 g/mol. The lowest BCUT2D eigenvalue weighted by molar-refractivity contribution is 0.282. The molecule has 0 radical (unpaired) electrons. The predicted molar refractivity (Wildman–Crippen MR) is 137 cm³/mol. The minimum Gasteiger partial charge on any atom is -0.497 e. The van der Waals surface area contributed by atoms with Gasteiger partial charge in [-0.1, -0.05) is 78.0 Å². The third-order valence-electron chi connectivity index (χ3n) is 5.61. The van der Waals surface area contributed by atoms with Crippen molar-refractivity contribution in [3.8, 4) is 28.0 Å². The summed E-state index contributed by atoms with van der Waals surface area (Å²) in [7, 11) is -2.45. The molecular formula is C28H25NO5S. The molecule has 0 heterocycles. The highest BCUT2D eigenvalue weighted by Gasteiger charge is 2.16. The first-order valence-corrected chi connectivity index (χ1v) is 12.3. The Labute approximate surface area is 205 Å². The van der Waals surface area contributed by atoms with Gasteiger partial charge in [-0.3, -0.25) is 4.28 Å². The number of methoxy groups -OCH3 is 1. The van der Waals surface area contributed by atoms with Gasteiger partial charge in [-0.2, -0.15) is 8.42 Å². The summed E-state index contributed by atoms with van der Waals surface area (Å²) >= 11 is 0. The molecule has 0 atom stereocenters. The van der Waals surface area contributed by atoms with Crippen LogP contribution in [0, 0.1) is 0 Å². The van der Waals surface area contributed by atoms with Crippen molar-refractivity contribution in [1.29, 1.82) is 0 Å². The van der Waals surface area contributed by atoms with Crippen molar-refractivity contribution in [2.75, 3.05) is 7.11 Å². The van der Waals surface area contributed by atoms with Crippen molar-refractivity contribution in [2.45, 2.75) is 18.4 Å². The standard InChI is InChI=1S/C28H25NO5S/c1-20(22-7-9-24(10-8-22)23-5-3-21(19-30)4-6-23)29-34-35(31,32)28-17-13-26(14-18-28)25-11-15-27(33-2)16-12-25/h3-18,30H,19H2,1-2H3/b29-20+. The fraction of sp³-hybridized carbons (Fsp3) is 0.107. The van der Waals surface area contributed by atoms with E-state index in [0.29, 0.717) is 5.71 Å². The molecule has 0 unspecified atom stereocenters. The highest BCUT2D eigenvalue weighted by molar-refractivity contribution is 7.86. The van der Waals surface area contributed by atoms with Crippen LogP contribution in [-0.2, 0) is 21.0 Å². The van der Waals surface area contributed by atoms with E-state index < -0.39 is 10.1 Å². The molecule has 0 saturated carbocycles. The molecule has 4 rings (SSSR count). The van der Waals surface area contributed by atoms with Crippen LogP contribution >= 0.6 is 0 Å². The van der Waals surface area contributed by atoms with Gasteiger partial charge in [0.25, 0.3) is 0 Å². The SMILES string of the molecule is COc1ccc(-c2ccc(S(=O)(=O)O/N=C(\C)c3ccc(-c4ccc(CO)cc4)cc3)cc2)cc1. The molecule has 0 aliphatic carbocycles. The van der Waals surface area contributed by atoms with E-state index in [1.54, 1.807) is 26.2 Å². The fourth-order valence-electron chi connectivity index (χ4n) is 3.50. The van der Waals surface area contributed by atoms with Crippen LogP contribution in [-0.4, -0.2) is 26.3 Å². The Bertz CT molecular complexity index is 1410. The van der Waals surface area contributed by atoms with Gasteiger partial charge in [-0.05, 0) is 64.6 Å². The maximum Gasteiger partial charge on any atom is 0.358 e. The first-order valence-electron chi connectivity index (χ1n) is 10.9. The largest absolute Gasteiger partial charge is 0.497 e. The summed E-state index contributed by atoms with van der Waals surface area (Å²) < 4.78 is 35.4. The van der Waals surface area contributed by atoms with E-state index in [-0.39, 0.29) is 11.5 Å². The smallest absolute Gasteiger partial charge is 0.358 e. The molecule has 0 amide bonds. The molecule has 35 heavy (non-hydrogen) atoms. The van der Waals surface area contributed by atoms with Crippen LogP contribution in [0.4, 0.5) is 0 Å². The molecule has 1 N–H and O–H groups in total. The lowest BCUT2D eigenvalue weighted by Gasteiger charge is -2.07. The van der Waals surface area contributed by atoms with Gasteiger partial charge in [0.15, 0.2) is 0 Å². The Hall–Kier alpha value is -3.94. The molecule has 0 fully saturated rings. The highest BCUT2D eigenvalue weighted by Crippen LogP contribution is 2.25. The molecule has 4 aromatic rings. The molecule has 0 aliphatic rings. The monoisotopic (exact) mass is 487 g/mol. The summed E-state index contributed by atoms with van der Waals surface area (Å²) in [5, 5.41) is 13.0. The molecule has 0 aliphatic heterocycles. The fourth-order valence-corrected chi connectivity index (χ4v) is 4.27. The van der Waals surface area contributed by atoms with Crippen LogP contribution < -0.4 is 4.74 Å². The summed E-state index contributed by atoms with van der Waals surface area (Å²) in [6.07, 6.45) is 0. The van der Waals surface area contributed by atoms with Crippen molar-refractivity contribution in [3.05, 3.63) is 108 Å². The zero-order valence-corrected chi connectivity index (χ0v) is 20.2. The summed E-state index contributed by atoms with van der Waals surface area (Å²) in [5.41, 5.74) is 5.85. The van der Waals surface area contributed by atoms with Crippen LogP contribution in [0.2, 0.25) is 0 Å². The Kier molecular flexibility index (Phi) is 7.29. The van der Waals surface area contributed by atoms with Crippen molar-refractivity contribution < 1.29 is 22.5 Å². The molecule has 0 saturated heterocycles. The number of nitrogens with zero attached hydrogens (tertiary/aromatic N) is 1. The predicted octanol–water partition coefficient (Wildman–Crippen LogP) is 5.65. The van der Waals surface area contributed by atoms with Gasteiger partial charge < -0.3 is 9.84 Å². The maximum atomic E-state index is 12.6. The van der Waals surface area contributed by atoms with E-state index in [1.165, 1.54) is 12.1 Å². The minimum atomic E-state index is -4.06. The lowest BCUT2D eigenvalue weighted by atomic mass is 10.0. The second-order valence-corrected chi connectivity index (χ2v) is 9.42. The number of ether oxygens (including phenoxy) is 1. The Morgan fingerprint density at radius 2 is 1.20 bits per heavy atom. The second kappa shape index (κ2) is 10.5. The van der Waals surface area contributed by atoms with Crippen LogP contribution in [0.15, 0.2) is 107 Å². The topological polar surface area (TPSA) is 85.2 Å². The number of hydrogen-bond acceptors (Lipinski definition) is 6. The van der Waals surface area contributed by atoms with E-state index >= 15 is 0 Å². The number of aliphatic hydroxyl groups is 1. The van der Waals surface area contributed by atoms with Crippen LogP contribution in [0.3, 0.4) is 0 Å². The summed E-state index contributed by atoms with van der Waals surface area (Å²) in [6, 6.07) is 29.1. The number of oxime groups is 1. The van der Waals surface area contributed by atoms with Crippen molar-refractivity contribution in [1.82, 2.24) is 0 Å². The van der Waals surface area contributed by atoms with E-state index in [4.69, 9.17) is 9.02 Å². The summed E-state index contributed by atoms with van der Waals surface area (Å²) in [6.45, 7) is 1.69. The molecule has 0 spiro atoms. The molecule has 7 heteroatoms. The highest BCUT2D eigenvalue weighted by atomic mass is 32.2. The number of benzene rings is 4. The quantitative estimate of drug-likeness (QED) is 0.256. The van der Waals surface area contributed by atoms with Gasteiger partial charge in [0.1, 0.15) is 10.6 Å².